The Kier molecular flexibility index (Phi) is 8.50. The number of carbonyl (C=O) groups excluding carboxylic acids is 1. The molecule has 0 aliphatic carbocycles. The normalized spacial score (nSPS) is 11.3. The number of anilines is 1. The van der Waals surface area contributed by atoms with Gasteiger partial charge in [-0.05, 0) is 24.0 Å². The summed E-state index contributed by atoms with van der Waals surface area (Å²) in [5, 5.41) is 12.2. The van der Waals surface area contributed by atoms with Crippen molar-refractivity contribution in [2.75, 3.05) is 32.6 Å². The van der Waals surface area contributed by atoms with Gasteiger partial charge < -0.3 is 19.7 Å². The van der Waals surface area contributed by atoms with Crippen LogP contribution in [0.25, 0.3) is 0 Å². The lowest BCUT2D eigenvalue weighted by atomic mass is 10.1. The molecule has 6 heteroatoms. The number of nitrogens with one attached hydrogen (secondary N) is 1. The van der Waals surface area contributed by atoms with Gasteiger partial charge in [0.1, 0.15) is 23.1 Å². The van der Waals surface area contributed by atoms with Gasteiger partial charge >= 0.3 is 0 Å². The molecule has 0 heterocycles. The van der Waals surface area contributed by atoms with E-state index in [-0.39, 0.29) is 5.57 Å². The average Bonchev–Trinajstić information content (AvgIpc) is 2.58. The van der Waals surface area contributed by atoms with Crippen molar-refractivity contribution in [1.82, 2.24) is 4.90 Å². The van der Waals surface area contributed by atoms with Gasteiger partial charge in [0, 0.05) is 25.4 Å². The molecule has 142 valence electrons. The first-order chi connectivity index (χ1) is 12.3. The molecule has 0 aliphatic heterocycles. The summed E-state index contributed by atoms with van der Waals surface area (Å²) in [6.07, 6.45) is 1.64. The Labute approximate surface area is 156 Å². The van der Waals surface area contributed by atoms with Crippen LogP contribution in [0.3, 0.4) is 0 Å². The molecule has 6 nitrogen and oxygen atoms in total. The van der Waals surface area contributed by atoms with Crippen molar-refractivity contribution in [3.05, 3.63) is 30.0 Å². The van der Waals surface area contributed by atoms with E-state index in [0.29, 0.717) is 29.0 Å². The van der Waals surface area contributed by atoms with Gasteiger partial charge in [0.15, 0.2) is 0 Å². The monoisotopic (exact) mass is 359 g/mol. The summed E-state index contributed by atoms with van der Waals surface area (Å²) in [5.41, 5.74) is 0.508. The molecule has 0 aliphatic rings. The Morgan fingerprint density at radius 3 is 2.27 bits per heavy atom. The van der Waals surface area contributed by atoms with Crippen LogP contribution in [0.1, 0.15) is 27.7 Å². The van der Waals surface area contributed by atoms with E-state index in [1.807, 2.05) is 11.0 Å². The first-order valence-corrected chi connectivity index (χ1v) is 8.70. The van der Waals surface area contributed by atoms with Crippen molar-refractivity contribution >= 4 is 11.6 Å². The van der Waals surface area contributed by atoms with Gasteiger partial charge in [-0.15, -0.1) is 0 Å². The Morgan fingerprint density at radius 1 is 1.19 bits per heavy atom. The molecule has 0 atom stereocenters. The van der Waals surface area contributed by atoms with Crippen LogP contribution in [0.5, 0.6) is 11.5 Å². The Bertz CT molecular complexity index is 665. The largest absolute Gasteiger partial charge is 0.497 e. The summed E-state index contributed by atoms with van der Waals surface area (Å²) in [4.78, 5) is 14.6. The van der Waals surface area contributed by atoms with Crippen molar-refractivity contribution in [1.29, 1.82) is 5.26 Å². The summed E-state index contributed by atoms with van der Waals surface area (Å²) < 4.78 is 10.4. The number of methoxy groups -OCH3 is 2. The maximum atomic E-state index is 12.6. The van der Waals surface area contributed by atoms with Gasteiger partial charge in [-0.1, -0.05) is 27.7 Å². The van der Waals surface area contributed by atoms with Crippen LogP contribution in [0.4, 0.5) is 5.69 Å². The molecule has 1 aromatic rings. The number of nitrogens with zero attached hydrogens (tertiary/aromatic N) is 2. The van der Waals surface area contributed by atoms with E-state index in [0.717, 1.165) is 13.1 Å². The van der Waals surface area contributed by atoms with Gasteiger partial charge in [-0.25, -0.2) is 0 Å². The number of ether oxygens (including phenoxy) is 2. The van der Waals surface area contributed by atoms with E-state index >= 15 is 0 Å². The second-order valence-corrected chi connectivity index (χ2v) is 6.92. The lowest BCUT2D eigenvalue weighted by molar-refractivity contribution is -0.112. The van der Waals surface area contributed by atoms with E-state index in [2.05, 4.69) is 33.0 Å². The van der Waals surface area contributed by atoms with E-state index in [9.17, 15) is 10.1 Å². The predicted octanol–water partition coefficient (Wildman–Crippen LogP) is 3.66. The van der Waals surface area contributed by atoms with Crippen molar-refractivity contribution in [2.24, 2.45) is 11.8 Å². The number of rotatable bonds is 9. The Hall–Kier alpha value is -2.68. The molecule has 0 aromatic heterocycles. The Balaban J connectivity index is 3.06. The quantitative estimate of drug-likeness (QED) is 0.538. The second kappa shape index (κ2) is 10.3. The lowest BCUT2D eigenvalue weighted by Gasteiger charge is -2.25. The minimum Gasteiger partial charge on any atom is -0.497 e. The van der Waals surface area contributed by atoms with Gasteiger partial charge in [-0.2, -0.15) is 5.26 Å². The fraction of sp³-hybridized carbons (Fsp3) is 0.500. The minimum absolute atomic E-state index is 0.0520. The number of amides is 1. The highest BCUT2D eigenvalue weighted by Gasteiger charge is 2.16. The van der Waals surface area contributed by atoms with E-state index in [1.165, 1.54) is 7.11 Å². The number of benzene rings is 1. The van der Waals surface area contributed by atoms with Crippen LogP contribution in [-0.2, 0) is 4.79 Å². The third-order valence-corrected chi connectivity index (χ3v) is 3.53. The zero-order valence-corrected chi connectivity index (χ0v) is 16.5. The van der Waals surface area contributed by atoms with E-state index < -0.39 is 5.91 Å². The molecule has 1 aromatic carbocycles. The fourth-order valence-electron chi connectivity index (χ4n) is 2.54. The molecule has 1 amide bonds. The van der Waals surface area contributed by atoms with Gasteiger partial charge in [0.05, 0.1) is 19.9 Å². The third kappa shape index (κ3) is 6.67. The van der Waals surface area contributed by atoms with Crippen molar-refractivity contribution in [2.45, 2.75) is 27.7 Å². The van der Waals surface area contributed by atoms with Crippen LogP contribution in [0.2, 0.25) is 0 Å². The summed E-state index contributed by atoms with van der Waals surface area (Å²) in [5.74, 6) is 1.46. The first-order valence-electron chi connectivity index (χ1n) is 8.70. The van der Waals surface area contributed by atoms with Crippen molar-refractivity contribution in [3.63, 3.8) is 0 Å². The third-order valence-electron chi connectivity index (χ3n) is 3.53. The SMILES string of the molecule is COc1ccc(OC)c(NC(=O)/C(C#N)=C\N(CC(C)C)CC(C)C)c1. The predicted molar refractivity (Wildman–Crippen MR) is 103 cm³/mol. The molecular weight excluding hydrogens is 330 g/mol. The summed E-state index contributed by atoms with van der Waals surface area (Å²) >= 11 is 0. The molecule has 0 unspecified atom stereocenters. The summed E-state index contributed by atoms with van der Waals surface area (Å²) in [7, 11) is 3.06. The minimum atomic E-state index is -0.475. The highest BCUT2D eigenvalue weighted by Crippen LogP contribution is 2.29. The summed E-state index contributed by atoms with van der Waals surface area (Å²) in [6, 6.07) is 7.10. The molecular formula is C20H29N3O3. The van der Waals surface area contributed by atoms with Crippen LogP contribution in [0.15, 0.2) is 30.0 Å². The van der Waals surface area contributed by atoms with Gasteiger partial charge in [0.2, 0.25) is 0 Å². The molecule has 0 bridgehead atoms. The highest BCUT2D eigenvalue weighted by atomic mass is 16.5. The maximum absolute atomic E-state index is 12.6. The topological polar surface area (TPSA) is 74.6 Å². The molecule has 0 fully saturated rings. The van der Waals surface area contributed by atoms with Gasteiger partial charge in [-0.3, -0.25) is 4.79 Å². The molecule has 0 saturated carbocycles. The van der Waals surface area contributed by atoms with Crippen molar-refractivity contribution in [3.8, 4) is 17.6 Å². The number of nitriles is 1. The van der Waals surface area contributed by atoms with E-state index in [1.54, 1.807) is 31.5 Å². The summed E-state index contributed by atoms with van der Waals surface area (Å²) in [6.45, 7) is 9.98. The van der Waals surface area contributed by atoms with Crippen LogP contribution in [0, 0.1) is 23.2 Å². The molecule has 0 spiro atoms. The molecule has 0 radical (unpaired) electrons. The molecule has 0 saturated heterocycles. The number of carbonyl (C=O) groups is 1. The molecule has 1 N–H and O–H groups in total. The second-order valence-electron chi connectivity index (χ2n) is 6.92. The fourth-order valence-corrected chi connectivity index (χ4v) is 2.54. The van der Waals surface area contributed by atoms with Gasteiger partial charge in [0.25, 0.3) is 5.91 Å². The number of hydrogen-bond donors (Lipinski definition) is 1. The highest BCUT2D eigenvalue weighted by molar-refractivity contribution is 6.07. The molecule has 1 rings (SSSR count). The zero-order valence-electron chi connectivity index (χ0n) is 16.5. The first kappa shape index (κ1) is 21.4. The van der Waals surface area contributed by atoms with Crippen LogP contribution in [-0.4, -0.2) is 38.1 Å². The molecule has 26 heavy (non-hydrogen) atoms. The zero-order chi connectivity index (χ0) is 19.7. The van der Waals surface area contributed by atoms with Crippen LogP contribution < -0.4 is 14.8 Å². The lowest BCUT2D eigenvalue weighted by Crippen LogP contribution is -2.28. The smallest absolute Gasteiger partial charge is 0.267 e. The van der Waals surface area contributed by atoms with E-state index in [4.69, 9.17) is 9.47 Å². The maximum Gasteiger partial charge on any atom is 0.267 e. The Morgan fingerprint density at radius 2 is 1.81 bits per heavy atom. The standard InChI is InChI=1S/C20H29N3O3/c1-14(2)11-23(12-15(3)4)13-16(10-21)20(24)22-18-9-17(25-5)7-8-19(18)26-6/h7-9,13-15H,11-12H2,1-6H3,(H,22,24)/b16-13-. The average molecular weight is 359 g/mol. The number of hydrogen-bond acceptors (Lipinski definition) is 5. The van der Waals surface area contributed by atoms with Crippen LogP contribution >= 0.6 is 0 Å². The van der Waals surface area contributed by atoms with Crippen molar-refractivity contribution < 1.29 is 14.3 Å².